The minimum Gasteiger partial charge on any atom is -0.463 e. The Balaban J connectivity index is 1.89. The number of aliphatic hydroxyl groups excluding tert-OH is 1. The molecule has 1 amide bonds. The predicted molar refractivity (Wildman–Crippen MR) is 80.2 cm³/mol. The predicted octanol–water partition coefficient (Wildman–Crippen LogP) is 3.20. The van der Waals surface area contributed by atoms with Crippen LogP contribution in [0.2, 0.25) is 0 Å². The zero-order chi connectivity index (χ0) is 14.8. The van der Waals surface area contributed by atoms with E-state index in [1.54, 1.807) is 0 Å². The van der Waals surface area contributed by atoms with Crippen LogP contribution in [0.3, 0.4) is 0 Å². The summed E-state index contributed by atoms with van der Waals surface area (Å²) in [6.45, 7) is 2.01. The fourth-order valence-corrected chi connectivity index (χ4v) is 2.66. The van der Waals surface area contributed by atoms with E-state index in [1.165, 1.54) is 0 Å². The maximum absolute atomic E-state index is 11.5. The second-order valence-corrected chi connectivity index (χ2v) is 5.38. The topological polar surface area (TPSA) is 62.5 Å². The fraction of sp³-hybridized carbons (Fsp3) is 0.353. The number of anilines is 1. The van der Waals surface area contributed by atoms with Gasteiger partial charge in [-0.15, -0.1) is 0 Å². The Hall–Kier alpha value is -2.07. The van der Waals surface area contributed by atoms with Crippen LogP contribution in [0.1, 0.15) is 48.5 Å². The number of rotatable bonds is 3. The number of fused-ring (bicyclic) bond motifs is 1. The summed E-state index contributed by atoms with van der Waals surface area (Å²) in [5.41, 5.74) is 2.71. The first kappa shape index (κ1) is 13.9. The molecule has 110 valence electrons. The first-order chi connectivity index (χ1) is 10.2. The molecule has 0 radical (unpaired) electrons. The number of nitrogens with one attached hydrogen (secondary N) is 1. The van der Waals surface area contributed by atoms with Gasteiger partial charge < -0.3 is 14.8 Å². The van der Waals surface area contributed by atoms with E-state index >= 15 is 0 Å². The molecule has 2 heterocycles. The van der Waals surface area contributed by atoms with Gasteiger partial charge in [-0.1, -0.05) is 19.1 Å². The fourth-order valence-electron chi connectivity index (χ4n) is 2.66. The first-order valence-electron chi connectivity index (χ1n) is 7.36. The molecule has 0 fully saturated rings. The van der Waals surface area contributed by atoms with E-state index in [9.17, 15) is 9.90 Å². The van der Waals surface area contributed by atoms with Crippen molar-refractivity contribution in [1.82, 2.24) is 0 Å². The van der Waals surface area contributed by atoms with E-state index in [-0.39, 0.29) is 5.91 Å². The smallest absolute Gasteiger partial charge is 0.224 e. The van der Waals surface area contributed by atoms with Crippen molar-refractivity contribution in [2.45, 2.75) is 38.7 Å². The molecule has 21 heavy (non-hydrogen) atoms. The number of carbonyl (C=O) groups excluding carboxylic acids is 1. The molecule has 4 heteroatoms. The Morgan fingerprint density at radius 2 is 2.14 bits per heavy atom. The van der Waals surface area contributed by atoms with E-state index in [4.69, 9.17) is 4.42 Å². The van der Waals surface area contributed by atoms with E-state index in [0.717, 1.165) is 41.8 Å². The molecule has 1 aliphatic rings. The summed E-state index contributed by atoms with van der Waals surface area (Å²) in [6.07, 6.45) is 2.26. The van der Waals surface area contributed by atoms with Crippen molar-refractivity contribution in [3.63, 3.8) is 0 Å². The summed E-state index contributed by atoms with van der Waals surface area (Å²) in [5, 5.41) is 13.3. The van der Waals surface area contributed by atoms with Crippen molar-refractivity contribution >= 4 is 11.6 Å². The van der Waals surface area contributed by atoms with Crippen molar-refractivity contribution in [3.05, 3.63) is 53.0 Å². The molecule has 0 spiro atoms. The van der Waals surface area contributed by atoms with Crippen LogP contribution in [-0.4, -0.2) is 11.0 Å². The summed E-state index contributed by atoms with van der Waals surface area (Å²) >= 11 is 0. The Bertz CT molecular complexity index is 660. The maximum atomic E-state index is 11.5. The molecule has 1 atom stereocenters. The molecular formula is C17H19NO3. The van der Waals surface area contributed by atoms with Crippen LogP contribution in [0.4, 0.5) is 5.69 Å². The quantitative estimate of drug-likeness (QED) is 0.910. The third-order valence-corrected chi connectivity index (χ3v) is 3.87. The summed E-state index contributed by atoms with van der Waals surface area (Å²) < 4.78 is 5.62. The van der Waals surface area contributed by atoms with Gasteiger partial charge in [-0.25, -0.2) is 0 Å². The molecule has 0 bridgehead atoms. The third-order valence-electron chi connectivity index (χ3n) is 3.87. The number of amides is 1. The van der Waals surface area contributed by atoms with Gasteiger partial charge in [-0.2, -0.15) is 0 Å². The van der Waals surface area contributed by atoms with E-state index < -0.39 is 6.10 Å². The molecule has 1 unspecified atom stereocenters. The molecule has 1 aromatic heterocycles. The maximum Gasteiger partial charge on any atom is 0.224 e. The number of furan rings is 1. The second-order valence-electron chi connectivity index (χ2n) is 5.38. The van der Waals surface area contributed by atoms with Crippen LogP contribution in [0.15, 0.2) is 34.7 Å². The second kappa shape index (κ2) is 5.74. The highest BCUT2D eigenvalue weighted by molar-refractivity contribution is 5.92. The molecule has 0 saturated carbocycles. The third kappa shape index (κ3) is 2.85. The average molecular weight is 285 g/mol. The minimum atomic E-state index is -0.769. The molecule has 1 aromatic carbocycles. The van der Waals surface area contributed by atoms with Crippen LogP contribution >= 0.6 is 0 Å². The van der Waals surface area contributed by atoms with Gasteiger partial charge in [0.2, 0.25) is 5.91 Å². The Labute approximate surface area is 123 Å². The van der Waals surface area contributed by atoms with E-state index in [2.05, 4.69) is 5.32 Å². The Morgan fingerprint density at radius 1 is 1.29 bits per heavy atom. The molecular weight excluding hydrogens is 266 g/mol. The monoisotopic (exact) mass is 285 g/mol. The molecule has 0 saturated heterocycles. The Kier molecular flexibility index (Phi) is 3.80. The van der Waals surface area contributed by atoms with E-state index in [0.29, 0.717) is 12.2 Å². The van der Waals surface area contributed by atoms with Crippen molar-refractivity contribution in [2.75, 3.05) is 5.32 Å². The molecule has 0 aliphatic carbocycles. The number of hydrogen-bond donors (Lipinski definition) is 2. The summed E-state index contributed by atoms with van der Waals surface area (Å²) in [5.74, 6) is 1.48. The number of aliphatic hydroxyl groups is 1. The molecule has 2 N–H and O–H groups in total. The van der Waals surface area contributed by atoms with Gasteiger partial charge >= 0.3 is 0 Å². The lowest BCUT2D eigenvalue weighted by Gasteiger charge is -2.12. The van der Waals surface area contributed by atoms with Crippen LogP contribution in [0.5, 0.6) is 0 Å². The summed E-state index contributed by atoms with van der Waals surface area (Å²) in [6, 6.07) is 9.36. The zero-order valence-corrected chi connectivity index (χ0v) is 12.1. The van der Waals surface area contributed by atoms with Gasteiger partial charge in [0, 0.05) is 18.5 Å². The van der Waals surface area contributed by atoms with Gasteiger partial charge in [-0.3, -0.25) is 4.79 Å². The van der Waals surface area contributed by atoms with Gasteiger partial charge in [0.1, 0.15) is 17.6 Å². The highest BCUT2D eigenvalue weighted by Gasteiger charge is 2.18. The van der Waals surface area contributed by atoms with Crippen molar-refractivity contribution in [2.24, 2.45) is 0 Å². The number of benzene rings is 1. The van der Waals surface area contributed by atoms with E-state index in [1.807, 2.05) is 37.3 Å². The van der Waals surface area contributed by atoms with Gasteiger partial charge in [0.05, 0.1) is 0 Å². The van der Waals surface area contributed by atoms with Crippen molar-refractivity contribution < 1.29 is 14.3 Å². The highest BCUT2D eigenvalue weighted by atomic mass is 16.4. The Morgan fingerprint density at radius 3 is 2.90 bits per heavy atom. The minimum absolute atomic E-state index is 0.0562. The van der Waals surface area contributed by atoms with Gasteiger partial charge in [0.15, 0.2) is 0 Å². The molecule has 1 aliphatic heterocycles. The van der Waals surface area contributed by atoms with Crippen molar-refractivity contribution in [3.8, 4) is 0 Å². The van der Waals surface area contributed by atoms with Gasteiger partial charge in [0.25, 0.3) is 0 Å². The number of carbonyl (C=O) groups is 1. The number of hydrogen-bond acceptors (Lipinski definition) is 3. The molecule has 3 rings (SSSR count). The largest absolute Gasteiger partial charge is 0.463 e. The normalized spacial score (nSPS) is 16.0. The zero-order valence-electron chi connectivity index (χ0n) is 12.1. The lowest BCUT2D eigenvalue weighted by atomic mass is 10.0. The molecule has 4 nitrogen and oxygen atoms in total. The van der Waals surface area contributed by atoms with Crippen LogP contribution in [0, 0.1) is 0 Å². The lowest BCUT2D eigenvalue weighted by molar-refractivity contribution is -0.116. The number of aryl methyl sites for hydroxylation is 2. The average Bonchev–Trinajstić information content (AvgIpc) is 2.89. The summed E-state index contributed by atoms with van der Waals surface area (Å²) in [7, 11) is 0. The molecule has 2 aromatic rings. The van der Waals surface area contributed by atoms with Crippen LogP contribution in [-0.2, 0) is 17.6 Å². The van der Waals surface area contributed by atoms with Gasteiger partial charge in [-0.05, 0) is 42.2 Å². The van der Waals surface area contributed by atoms with Crippen LogP contribution < -0.4 is 5.32 Å². The summed E-state index contributed by atoms with van der Waals surface area (Å²) in [4.78, 5) is 11.5. The first-order valence-corrected chi connectivity index (χ1v) is 7.36. The SMILES string of the molecule is CCc1ccc(C(O)c2ccc3c(c2)CCCC(=O)N3)o1. The standard InChI is InChI=1S/C17H19NO3/c1-2-13-7-9-15(21-13)17(20)12-6-8-14-11(10-12)4-3-5-16(19)18-14/h6-10,17,20H,2-5H2,1H3,(H,18,19). The van der Waals surface area contributed by atoms with Crippen LogP contribution in [0.25, 0.3) is 0 Å². The lowest BCUT2D eigenvalue weighted by Crippen LogP contribution is -2.09. The highest BCUT2D eigenvalue weighted by Crippen LogP contribution is 2.29. The van der Waals surface area contributed by atoms with Crippen molar-refractivity contribution in [1.29, 1.82) is 0 Å².